The number of carbonyl (C=O) groups excluding carboxylic acids is 3. The van der Waals surface area contributed by atoms with Crippen molar-refractivity contribution >= 4 is 40.0 Å². The van der Waals surface area contributed by atoms with E-state index in [1.165, 1.54) is 0 Å². The summed E-state index contributed by atoms with van der Waals surface area (Å²) < 4.78 is 12.8. The molecule has 4 atom stereocenters. The third kappa shape index (κ3) is 10.1. The summed E-state index contributed by atoms with van der Waals surface area (Å²) in [5.74, 6) is -0.323. The van der Waals surface area contributed by atoms with Gasteiger partial charge in [-0.05, 0) is 68.3 Å². The van der Waals surface area contributed by atoms with E-state index in [-0.39, 0.29) is 49.4 Å². The molecule has 4 aromatic carbocycles. The Labute approximate surface area is 300 Å². The number of carbonyl (C=O) groups is 3. The smallest absolute Gasteiger partial charge is 0.321 e. The maximum atomic E-state index is 14.4. The number of amides is 4. The van der Waals surface area contributed by atoms with Gasteiger partial charge in [0.1, 0.15) is 5.75 Å². The largest absolute Gasteiger partial charge is 0.490 e. The zero-order chi connectivity index (χ0) is 36.3. The quantitative estimate of drug-likeness (QED) is 0.183. The van der Waals surface area contributed by atoms with Crippen LogP contribution in [-0.2, 0) is 16.0 Å². The number of anilines is 2. The molecule has 0 saturated heterocycles. The Bertz CT molecular complexity index is 1780. The van der Waals surface area contributed by atoms with Crippen LogP contribution in [0.5, 0.6) is 5.75 Å². The van der Waals surface area contributed by atoms with Crippen LogP contribution in [0, 0.1) is 5.92 Å². The summed E-state index contributed by atoms with van der Waals surface area (Å²) in [6.45, 7) is 6.55. The van der Waals surface area contributed by atoms with E-state index in [1.807, 2.05) is 86.6 Å². The van der Waals surface area contributed by atoms with Gasteiger partial charge in [-0.25, -0.2) is 4.79 Å². The molecule has 0 aliphatic carbocycles. The lowest BCUT2D eigenvalue weighted by Crippen LogP contribution is -2.48. The van der Waals surface area contributed by atoms with Crippen molar-refractivity contribution in [2.24, 2.45) is 5.92 Å². The Morgan fingerprint density at radius 3 is 2.49 bits per heavy atom. The first-order chi connectivity index (χ1) is 24.6. The van der Waals surface area contributed by atoms with Crippen molar-refractivity contribution < 1.29 is 29.0 Å². The molecular formula is C41H50N4O6. The molecule has 1 aliphatic rings. The van der Waals surface area contributed by atoms with Crippen LogP contribution < -0.4 is 15.4 Å². The topological polar surface area (TPSA) is 120 Å². The van der Waals surface area contributed by atoms with Crippen molar-refractivity contribution in [2.75, 3.05) is 44.0 Å². The highest BCUT2D eigenvalue weighted by Gasteiger charge is 2.31. The van der Waals surface area contributed by atoms with E-state index in [0.717, 1.165) is 41.3 Å². The first-order valence-corrected chi connectivity index (χ1v) is 17.8. The number of nitrogens with zero attached hydrogens (tertiary/aromatic N) is 2. The van der Waals surface area contributed by atoms with Crippen LogP contribution in [0.1, 0.15) is 56.0 Å². The molecule has 4 aromatic rings. The summed E-state index contributed by atoms with van der Waals surface area (Å²) in [5.41, 5.74) is 2.38. The molecule has 0 bridgehead atoms. The van der Waals surface area contributed by atoms with Gasteiger partial charge < -0.3 is 35.0 Å². The molecule has 1 heterocycles. The average molecular weight is 695 g/mol. The monoisotopic (exact) mass is 694 g/mol. The van der Waals surface area contributed by atoms with Gasteiger partial charge in [-0.3, -0.25) is 9.59 Å². The predicted molar refractivity (Wildman–Crippen MR) is 201 cm³/mol. The summed E-state index contributed by atoms with van der Waals surface area (Å²) in [5, 5.41) is 18.3. The number of rotatable bonds is 8. The third-order valence-electron chi connectivity index (χ3n) is 9.37. The molecule has 0 unspecified atom stereocenters. The Hall–Kier alpha value is -4.93. The summed E-state index contributed by atoms with van der Waals surface area (Å²) in [6, 6.07) is 27.5. The van der Waals surface area contributed by atoms with E-state index in [1.54, 1.807) is 42.0 Å². The fourth-order valence-electron chi connectivity index (χ4n) is 6.35. The number of hydrogen-bond acceptors (Lipinski definition) is 6. The molecule has 5 rings (SSSR count). The van der Waals surface area contributed by atoms with Crippen LogP contribution in [-0.4, -0.2) is 84.4 Å². The minimum absolute atomic E-state index is 0.180. The number of nitrogens with one attached hydrogen (secondary N) is 2. The molecule has 10 nitrogen and oxygen atoms in total. The Kier molecular flexibility index (Phi) is 13.0. The van der Waals surface area contributed by atoms with Gasteiger partial charge in [0.15, 0.2) is 0 Å². The highest BCUT2D eigenvalue weighted by Crippen LogP contribution is 2.29. The molecule has 0 saturated carbocycles. The second-order valence-corrected chi connectivity index (χ2v) is 13.6. The summed E-state index contributed by atoms with van der Waals surface area (Å²) in [7, 11) is 1.74. The molecule has 4 amide bonds. The van der Waals surface area contributed by atoms with Gasteiger partial charge in [0.2, 0.25) is 5.91 Å². The van der Waals surface area contributed by atoms with Gasteiger partial charge in [0.05, 0.1) is 42.5 Å². The second-order valence-electron chi connectivity index (χ2n) is 13.6. The van der Waals surface area contributed by atoms with Crippen LogP contribution >= 0.6 is 0 Å². The standard InChI is InChI=1S/C41H50N4O6/c1-28-25-45(29(2)27-46)40(48)35-24-33(42-39(47)23-31-14-6-5-7-15-31)20-21-37(35)51-30(3)13-10-11-22-50-38(28)26-44(4)41(49)43-36-19-12-17-32-16-8-9-18-34(32)36/h5-9,12,14-21,24,28-30,38,46H,10-11,13,22-23,25-27H2,1-4H3,(H,42,47)(H,43,49)/t28-,29+,30+,38-/m1/s1. The highest BCUT2D eigenvalue weighted by molar-refractivity contribution is 6.02. The number of likely N-dealkylation sites (N-methyl/N-ethyl adjacent to an activating group) is 1. The van der Waals surface area contributed by atoms with E-state index in [4.69, 9.17) is 9.47 Å². The molecule has 10 heteroatoms. The minimum atomic E-state index is -0.525. The average Bonchev–Trinajstić information content (AvgIpc) is 3.13. The number of aliphatic hydroxyl groups is 1. The first kappa shape index (κ1) is 37.3. The van der Waals surface area contributed by atoms with Crippen molar-refractivity contribution in [1.82, 2.24) is 9.80 Å². The van der Waals surface area contributed by atoms with E-state index in [0.29, 0.717) is 30.2 Å². The van der Waals surface area contributed by atoms with Gasteiger partial charge in [-0.15, -0.1) is 0 Å². The fraction of sp³-hybridized carbons (Fsp3) is 0.390. The molecule has 0 aromatic heterocycles. The number of urea groups is 1. The van der Waals surface area contributed by atoms with Gasteiger partial charge >= 0.3 is 6.03 Å². The van der Waals surface area contributed by atoms with E-state index < -0.39 is 12.1 Å². The number of benzene rings is 4. The van der Waals surface area contributed by atoms with Crippen molar-refractivity contribution in [3.63, 3.8) is 0 Å². The van der Waals surface area contributed by atoms with Crippen LogP contribution in [0.25, 0.3) is 10.8 Å². The lowest BCUT2D eigenvalue weighted by Gasteiger charge is -2.35. The highest BCUT2D eigenvalue weighted by atomic mass is 16.5. The number of aliphatic hydroxyl groups excluding tert-OH is 1. The molecule has 3 N–H and O–H groups in total. The normalized spacial score (nSPS) is 19.3. The third-order valence-corrected chi connectivity index (χ3v) is 9.37. The molecule has 51 heavy (non-hydrogen) atoms. The zero-order valence-corrected chi connectivity index (χ0v) is 30.0. The van der Waals surface area contributed by atoms with Gasteiger partial charge in [-0.1, -0.05) is 73.7 Å². The van der Waals surface area contributed by atoms with Crippen LogP contribution in [0.4, 0.5) is 16.2 Å². The van der Waals surface area contributed by atoms with E-state index in [9.17, 15) is 19.5 Å². The van der Waals surface area contributed by atoms with Gasteiger partial charge in [0.25, 0.3) is 5.91 Å². The fourth-order valence-corrected chi connectivity index (χ4v) is 6.35. The molecule has 270 valence electrons. The van der Waals surface area contributed by atoms with Crippen molar-refractivity contribution in [1.29, 1.82) is 0 Å². The second kappa shape index (κ2) is 17.8. The minimum Gasteiger partial charge on any atom is -0.490 e. The van der Waals surface area contributed by atoms with Crippen LogP contribution in [0.15, 0.2) is 91.0 Å². The Morgan fingerprint density at radius 2 is 1.71 bits per heavy atom. The Morgan fingerprint density at radius 1 is 0.961 bits per heavy atom. The number of fused-ring (bicyclic) bond motifs is 2. The molecule has 0 radical (unpaired) electrons. The summed E-state index contributed by atoms with van der Waals surface area (Å²) in [4.78, 5) is 44.1. The zero-order valence-electron chi connectivity index (χ0n) is 30.0. The SMILES string of the molecule is C[C@@H]1CN([C@@H](C)CO)C(=O)c2cc(NC(=O)Cc3ccccc3)ccc2O[C@@H](C)CCCCO[C@@H]1CN(C)C(=O)Nc1cccc2ccccc12. The maximum absolute atomic E-state index is 14.4. The maximum Gasteiger partial charge on any atom is 0.321 e. The van der Waals surface area contributed by atoms with Crippen molar-refractivity contribution in [3.05, 3.63) is 102 Å². The van der Waals surface area contributed by atoms with Crippen LogP contribution in [0.3, 0.4) is 0 Å². The molecular weight excluding hydrogens is 644 g/mol. The van der Waals surface area contributed by atoms with Gasteiger partial charge in [0, 0.05) is 43.7 Å². The van der Waals surface area contributed by atoms with E-state index in [2.05, 4.69) is 10.6 Å². The van der Waals surface area contributed by atoms with Crippen molar-refractivity contribution in [2.45, 2.75) is 64.7 Å². The first-order valence-electron chi connectivity index (χ1n) is 17.8. The predicted octanol–water partition coefficient (Wildman–Crippen LogP) is 6.98. The number of ether oxygens (including phenoxy) is 2. The van der Waals surface area contributed by atoms with Crippen molar-refractivity contribution in [3.8, 4) is 5.75 Å². The van der Waals surface area contributed by atoms with E-state index >= 15 is 0 Å². The van der Waals surface area contributed by atoms with Gasteiger partial charge in [-0.2, -0.15) is 0 Å². The summed E-state index contributed by atoms with van der Waals surface area (Å²) in [6.07, 6.45) is 2.02. The lowest BCUT2D eigenvalue weighted by atomic mass is 10.0. The summed E-state index contributed by atoms with van der Waals surface area (Å²) >= 11 is 0. The molecule has 0 fully saturated rings. The lowest BCUT2D eigenvalue weighted by molar-refractivity contribution is -0.115. The molecule has 0 spiro atoms. The number of hydrogen-bond donors (Lipinski definition) is 3. The molecule has 1 aliphatic heterocycles. The van der Waals surface area contributed by atoms with Crippen LogP contribution in [0.2, 0.25) is 0 Å². The Balaban J connectivity index is 1.37.